The standard InChI is InChI=1S/C22H29ClN2O3/c23-18-7-4-8-20-21(18)17(13-25(20)16-10-12-28-14-16)22(27)24-19(9-11-26)15-5-2-1-3-6-15/h4,7-8,13,15-16,19,26H,1-3,5-6,9-12,14H2,(H,24,27). The zero-order valence-corrected chi connectivity index (χ0v) is 17.0. The number of carbonyl (C=O) groups excluding carboxylic acids is 1. The van der Waals surface area contributed by atoms with Gasteiger partial charge in [-0.2, -0.15) is 0 Å². The molecule has 0 bridgehead atoms. The molecule has 1 aliphatic heterocycles. The Kier molecular flexibility index (Phi) is 6.24. The number of nitrogens with one attached hydrogen (secondary N) is 1. The Morgan fingerprint density at radius 1 is 1.29 bits per heavy atom. The summed E-state index contributed by atoms with van der Waals surface area (Å²) in [5, 5.41) is 14.1. The van der Waals surface area contributed by atoms with E-state index in [1.807, 2.05) is 24.4 Å². The fourth-order valence-electron chi connectivity index (χ4n) is 4.83. The number of ether oxygens (including phenoxy) is 1. The molecule has 2 aromatic rings. The lowest BCUT2D eigenvalue weighted by Crippen LogP contribution is -2.41. The van der Waals surface area contributed by atoms with Gasteiger partial charge in [0, 0.05) is 30.8 Å². The van der Waals surface area contributed by atoms with Crippen LogP contribution >= 0.6 is 11.6 Å². The molecule has 2 aliphatic rings. The lowest BCUT2D eigenvalue weighted by molar-refractivity contribution is 0.0901. The highest BCUT2D eigenvalue weighted by molar-refractivity contribution is 6.36. The van der Waals surface area contributed by atoms with Crippen LogP contribution in [0, 0.1) is 5.92 Å². The molecule has 6 heteroatoms. The van der Waals surface area contributed by atoms with Crippen molar-refractivity contribution in [2.24, 2.45) is 5.92 Å². The third kappa shape index (κ3) is 3.93. The summed E-state index contributed by atoms with van der Waals surface area (Å²) in [6.45, 7) is 1.49. The summed E-state index contributed by atoms with van der Waals surface area (Å²) >= 11 is 6.51. The summed E-state index contributed by atoms with van der Waals surface area (Å²) in [6, 6.07) is 6.02. The van der Waals surface area contributed by atoms with Gasteiger partial charge in [0.15, 0.2) is 0 Å². The second-order valence-electron chi connectivity index (χ2n) is 8.09. The maximum absolute atomic E-state index is 13.3. The lowest BCUT2D eigenvalue weighted by atomic mass is 9.82. The summed E-state index contributed by atoms with van der Waals surface area (Å²) in [6.07, 6.45) is 9.38. The molecule has 28 heavy (non-hydrogen) atoms. The third-order valence-electron chi connectivity index (χ3n) is 6.33. The van der Waals surface area contributed by atoms with E-state index in [0.29, 0.717) is 29.5 Å². The van der Waals surface area contributed by atoms with Crippen LogP contribution in [0.3, 0.4) is 0 Å². The molecule has 2 unspecified atom stereocenters. The highest BCUT2D eigenvalue weighted by atomic mass is 35.5. The molecule has 5 nitrogen and oxygen atoms in total. The van der Waals surface area contributed by atoms with Crippen molar-refractivity contribution in [3.05, 3.63) is 35.0 Å². The summed E-state index contributed by atoms with van der Waals surface area (Å²) < 4.78 is 7.70. The number of aromatic nitrogens is 1. The summed E-state index contributed by atoms with van der Waals surface area (Å²) in [4.78, 5) is 13.3. The van der Waals surface area contributed by atoms with E-state index >= 15 is 0 Å². The maximum atomic E-state index is 13.3. The van der Waals surface area contributed by atoms with Gasteiger partial charge in [0.2, 0.25) is 0 Å². The van der Waals surface area contributed by atoms with Crippen LogP contribution in [-0.2, 0) is 4.74 Å². The van der Waals surface area contributed by atoms with Gasteiger partial charge in [-0.3, -0.25) is 4.79 Å². The molecular formula is C22H29ClN2O3. The molecule has 2 heterocycles. The molecule has 1 saturated heterocycles. The Morgan fingerprint density at radius 3 is 2.82 bits per heavy atom. The van der Waals surface area contributed by atoms with Crippen LogP contribution in [0.1, 0.15) is 61.3 Å². The average Bonchev–Trinajstić information content (AvgIpc) is 3.36. The van der Waals surface area contributed by atoms with E-state index in [1.54, 1.807) is 0 Å². The first-order valence-corrected chi connectivity index (χ1v) is 10.9. The number of fused-ring (bicyclic) bond motifs is 1. The fourth-order valence-corrected chi connectivity index (χ4v) is 5.10. The van der Waals surface area contributed by atoms with Gasteiger partial charge in [-0.25, -0.2) is 0 Å². The smallest absolute Gasteiger partial charge is 0.253 e. The first-order valence-electron chi connectivity index (χ1n) is 10.5. The fraction of sp³-hybridized carbons (Fsp3) is 0.591. The van der Waals surface area contributed by atoms with E-state index in [9.17, 15) is 9.90 Å². The van der Waals surface area contributed by atoms with Crippen molar-refractivity contribution >= 4 is 28.4 Å². The number of nitrogens with zero attached hydrogens (tertiary/aromatic N) is 1. The molecule has 0 radical (unpaired) electrons. The van der Waals surface area contributed by atoms with Crippen molar-refractivity contribution in [3.8, 4) is 0 Å². The predicted molar refractivity (Wildman–Crippen MR) is 111 cm³/mol. The van der Waals surface area contributed by atoms with Gasteiger partial charge >= 0.3 is 0 Å². The first-order chi connectivity index (χ1) is 13.7. The molecule has 1 aromatic carbocycles. The number of rotatable bonds is 6. The number of halogens is 1. The number of carbonyl (C=O) groups is 1. The van der Waals surface area contributed by atoms with E-state index in [4.69, 9.17) is 16.3 Å². The van der Waals surface area contributed by atoms with Gasteiger partial charge < -0.3 is 19.7 Å². The van der Waals surface area contributed by atoms with Gasteiger partial charge in [0.25, 0.3) is 5.91 Å². The molecule has 1 aliphatic carbocycles. The maximum Gasteiger partial charge on any atom is 0.253 e. The topological polar surface area (TPSA) is 63.5 Å². The SMILES string of the molecule is O=C(NC(CCO)C1CCCCC1)c1cn(C2CCOC2)c2cccc(Cl)c12. The van der Waals surface area contributed by atoms with Crippen molar-refractivity contribution in [2.75, 3.05) is 19.8 Å². The summed E-state index contributed by atoms with van der Waals surface area (Å²) in [5.41, 5.74) is 1.59. The van der Waals surface area contributed by atoms with Crippen LogP contribution in [0.25, 0.3) is 10.9 Å². The van der Waals surface area contributed by atoms with Gasteiger partial charge in [0.05, 0.1) is 28.8 Å². The van der Waals surface area contributed by atoms with Gasteiger partial charge in [-0.15, -0.1) is 0 Å². The van der Waals surface area contributed by atoms with Crippen LogP contribution in [0.4, 0.5) is 0 Å². The minimum Gasteiger partial charge on any atom is -0.396 e. The molecule has 0 spiro atoms. The van der Waals surface area contributed by atoms with Crippen molar-refractivity contribution in [1.82, 2.24) is 9.88 Å². The predicted octanol–water partition coefficient (Wildman–Crippen LogP) is 4.32. The quantitative estimate of drug-likeness (QED) is 0.753. The van der Waals surface area contributed by atoms with Crippen molar-refractivity contribution < 1.29 is 14.6 Å². The Hall–Kier alpha value is -1.56. The minimum atomic E-state index is -0.0974. The largest absolute Gasteiger partial charge is 0.396 e. The number of benzene rings is 1. The molecule has 1 amide bonds. The van der Waals surface area contributed by atoms with E-state index < -0.39 is 0 Å². The van der Waals surface area contributed by atoms with Crippen LogP contribution < -0.4 is 5.32 Å². The van der Waals surface area contributed by atoms with E-state index in [2.05, 4.69) is 9.88 Å². The van der Waals surface area contributed by atoms with Gasteiger partial charge in [-0.1, -0.05) is 36.9 Å². The highest BCUT2D eigenvalue weighted by Gasteiger charge is 2.28. The Bertz CT molecular complexity index is 823. The second kappa shape index (κ2) is 8.85. The Balaban J connectivity index is 1.64. The molecule has 1 saturated carbocycles. The van der Waals surface area contributed by atoms with Crippen molar-refractivity contribution in [3.63, 3.8) is 0 Å². The van der Waals surface area contributed by atoms with Gasteiger partial charge in [0.1, 0.15) is 0 Å². The molecule has 2 atom stereocenters. The Morgan fingerprint density at radius 2 is 2.11 bits per heavy atom. The molecule has 1 aromatic heterocycles. The summed E-state index contributed by atoms with van der Waals surface area (Å²) in [5.74, 6) is 0.344. The zero-order chi connectivity index (χ0) is 19.5. The second-order valence-corrected chi connectivity index (χ2v) is 8.50. The van der Waals surface area contributed by atoms with Crippen LogP contribution in [-0.4, -0.2) is 41.4 Å². The Labute approximate surface area is 171 Å². The van der Waals surface area contributed by atoms with Crippen molar-refractivity contribution in [2.45, 2.75) is 57.0 Å². The molecule has 4 rings (SSSR count). The number of amides is 1. The van der Waals surface area contributed by atoms with E-state index in [-0.39, 0.29) is 24.6 Å². The number of aliphatic hydroxyl groups excluding tert-OH is 1. The highest BCUT2D eigenvalue weighted by Crippen LogP contribution is 2.34. The number of aliphatic hydroxyl groups is 1. The van der Waals surface area contributed by atoms with Crippen molar-refractivity contribution in [1.29, 1.82) is 0 Å². The van der Waals surface area contributed by atoms with E-state index in [1.165, 1.54) is 19.3 Å². The molecular weight excluding hydrogens is 376 g/mol. The number of hydrogen-bond donors (Lipinski definition) is 2. The first kappa shape index (κ1) is 19.7. The van der Waals surface area contributed by atoms with E-state index in [0.717, 1.165) is 36.8 Å². The zero-order valence-electron chi connectivity index (χ0n) is 16.2. The third-order valence-corrected chi connectivity index (χ3v) is 6.64. The molecule has 152 valence electrons. The normalized spacial score (nSPS) is 21.9. The van der Waals surface area contributed by atoms with Crippen LogP contribution in [0.5, 0.6) is 0 Å². The lowest BCUT2D eigenvalue weighted by Gasteiger charge is -2.30. The number of hydrogen-bond acceptors (Lipinski definition) is 3. The van der Waals surface area contributed by atoms with Gasteiger partial charge in [-0.05, 0) is 43.7 Å². The molecule has 2 N–H and O–H groups in total. The minimum absolute atomic E-state index is 0.00787. The monoisotopic (exact) mass is 404 g/mol. The molecule has 2 fully saturated rings. The average molecular weight is 405 g/mol. The van der Waals surface area contributed by atoms with Crippen LogP contribution in [0.15, 0.2) is 24.4 Å². The van der Waals surface area contributed by atoms with Crippen LogP contribution in [0.2, 0.25) is 5.02 Å². The summed E-state index contributed by atoms with van der Waals surface area (Å²) in [7, 11) is 0.